The first-order chi connectivity index (χ1) is 17.8. The second-order valence-corrected chi connectivity index (χ2v) is 14.4. The largest absolute Gasteiger partial charge is 0.461 e. The van der Waals surface area contributed by atoms with Crippen molar-refractivity contribution in [1.29, 1.82) is 0 Å². The van der Waals surface area contributed by atoms with E-state index in [1.54, 1.807) is 0 Å². The molecule has 2 unspecified atom stereocenters. The molecule has 7 nitrogen and oxygen atoms in total. The number of thioether (sulfide) groups is 1. The average Bonchev–Trinajstić information content (AvgIpc) is 3.21. The van der Waals surface area contributed by atoms with Gasteiger partial charge < -0.3 is 20.3 Å². The predicted molar refractivity (Wildman–Crippen MR) is 148 cm³/mol. The Morgan fingerprint density at radius 2 is 1.89 bits per heavy atom. The van der Waals surface area contributed by atoms with Crippen LogP contribution in [0.3, 0.4) is 0 Å². The van der Waals surface area contributed by atoms with Gasteiger partial charge in [0.25, 0.3) is 0 Å². The van der Waals surface area contributed by atoms with Gasteiger partial charge >= 0.3 is 5.97 Å². The minimum absolute atomic E-state index is 0.0384. The van der Waals surface area contributed by atoms with Gasteiger partial charge in [0.2, 0.25) is 5.91 Å². The van der Waals surface area contributed by atoms with E-state index >= 15 is 0 Å². The lowest BCUT2D eigenvalue weighted by atomic mass is 9.44. The summed E-state index contributed by atoms with van der Waals surface area (Å²) in [6.07, 6.45) is 5.51. The third-order valence-electron chi connectivity index (χ3n) is 11.2. The number of amides is 1. The molecule has 4 fully saturated rings. The monoisotopic (exact) mass is 549 g/mol. The summed E-state index contributed by atoms with van der Waals surface area (Å²) in [6, 6.07) is -0.0384. The molecule has 4 rings (SSSR count). The van der Waals surface area contributed by atoms with Crippen molar-refractivity contribution >= 4 is 29.4 Å². The van der Waals surface area contributed by atoms with E-state index in [9.17, 15) is 24.6 Å². The fourth-order valence-corrected chi connectivity index (χ4v) is 9.66. The third-order valence-corrected chi connectivity index (χ3v) is 12.5. The van der Waals surface area contributed by atoms with Crippen LogP contribution in [0.25, 0.3) is 0 Å². The van der Waals surface area contributed by atoms with Crippen LogP contribution >= 0.6 is 11.8 Å². The zero-order valence-electron chi connectivity index (χ0n) is 23.7. The first kappa shape index (κ1) is 29.6. The number of hydrogen-bond donors (Lipinski definition) is 3. The van der Waals surface area contributed by atoms with Crippen LogP contribution in [0.5, 0.6) is 0 Å². The van der Waals surface area contributed by atoms with Crippen LogP contribution < -0.4 is 5.32 Å². The molecule has 0 aromatic carbocycles. The lowest BCUT2D eigenvalue weighted by Gasteiger charge is -2.61. The molecule has 0 aromatic rings. The lowest BCUT2D eigenvalue weighted by molar-refractivity contribution is -0.205. The molecule has 0 radical (unpaired) electrons. The highest BCUT2D eigenvalue weighted by atomic mass is 32.2. The SMILES string of the molecule is C=C[C@]1(C)C[C@@H](OC(=O)CS[C@H]2CC[C@H](NC(C)=O)C[C@@H]2O)[C@]2(C)C(C)CCC3(CCC(=O)[C@H]32)[C@@H](C)[C@@H]1O. The van der Waals surface area contributed by atoms with E-state index in [-0.39, 0.29) is 57.9 Å². The molecule has 4 saturated carbocycles. The zero-order chi connectivity index (χ0) is 28.0. The number of ether oxygens (including phenoxy) is 1. The molecule has 38 heavy (non-hydrogen) atoms. The lowest BCUT2D eigenvalue weighted by Crippen LogP contribution is -2.63. The summed E-state index contributed by atoms with van der Waals surface area (Å²) < 4.78 is 6.31. The van der Waals surface area contributed by atoms with E-state index < -0.39 is 29.1 Å². The highest BCUT2D eigenvalue weighted by molar-refractivity contribution is 8.00. The number of hydrogen-bond acceptors (Lipinski definition) is 7. The smallest absolute Gasteiger partial charge is 0.316 e. The number of aliphatic hydroxyl groups is 2. The van der Waals surface area contributed by atoms with Gasteiger partial charge in [-0.15, -0.1) is 18.3 Å². The van der Waals surface area contributed by atoms with Gasteiger partial charge in [-0.2, -0.15) is 0 Å². The van der Waals surface area contributed by atoms with E-state index in [4.69, 9.17) is 4.74 Å². The molecular formula is C30H47NO6S. The van der Waals surface area contributed by atoms with Crippen LogP contribution in [-0.4, -0.2) is 63.2 Å². The molecule has 0 spiro atoms. The minimum atomic E-state index is -0.684. The molecule has 4 aliphatic carbocycles. The summed E-state index contributed by atoms with van der Waals surface area (Å²) in [5, 5.41) is 25.1. The molecule has 2 bridgehead atoms. The summed E-state index contributed by atoms with van der Waals surface area (Å²) in [5.41, 5.74) is -1.48. The summed E-state index contributed by atoms with van der Waals surface area (Å²) in [6.45, 7) is 14.0. The molecule has 4 aliphatic rings. The fraction of sp³-hybridized carbons (Fsp3) is 0.833. The van der Waals surface area contributed by atoms with Crippen LogP contribution in [0.1, 0.15) is 86.0 Å². The van der Waals surface area contributed by atoms with Crippen molar-refractivity contribution < 1.29 is 29.3 Å². The molecule has 1 amide bonds. The summed E-state index contributed by atoms with van der Waals surface area (Å²) in [4.78, 5) is 38.2. The maximum absolute atomic E-state index is 13.5. The van der Waals surface area contributed by atoms with Crippen molar-refractivity contribution in [3.05, 3.63) is 12.7 Å². The zero-order valence-corrected chi connectivity index (χ0v) is 24.5. The predicted octanol–water partition coefficient (Wildman–Crippen LogP) is 4.04. The molecule has 11 atom stereocenters. The van der Waals surface area contributed by atoms with Gasteiger partial charge in [0.1, 0.15) is 11.9 Å². The molecule has 214 valence electrons. The number of esters is 1. The molecule has 3 N–H and O–H groups in total. The van der Waals surface area contributed by atoms with E-state index in [1.807, 2.05) is 13.0 Å². The molecule has 0 aliphatic heterocycles. The van der Waals surface area contributed by atoms with Crippen molar-refractivity contribution in [3.8, 4) is 0 Å². The first-order valence-corrected chi connectivity index (χ1v) is 15.4. The van der Waals surface area contributed by atoms with Crippen LogP contribution in [0.15, 0.2) is 12.7 Å². The topological polar surface area (TPSA) is 113 Å². The summed E-state index contributed by atoms with van der Waals surface area (Å²) in [5.74, 6) is -0.200. The summed E-state index contributed by atoms with van der Waals surface area (Å²) in [7, 11) is 0. The van der Waals surface area contributed by atoms with Gasteiger partial charge in [-0.05, 0) is 62.2 Å². The van der Waals surface area contributed by atoms with Crippen LogP contribution in [0.4, 0.5) is 0 Å². The number of nitrogens with one attached hydrogen (secondary N) is 1. The van der Waals surface area contributed by atoms with Crippen molar-refractivity contribution in [2.45, 2.75) is 116 Å². The standard InChI is InChI=1S/C30H47NO6S/c1-7-28(5)15-24(37-25(35)16-38-23-9-8-20(14-22(23)34)31-19(4)32)29(6)17(2)10-12-30(18(3)27(28)36)13-11-21(33)26(29)30/h7,17-18,20,22-24,26-27,34,36H,1,8-16H2,2-6H3,(H,31,32)/t17?,18-,20-,22-,23-,24+,26-,27-,28+,29-,30?/m0/s1. The Labute approximate surface area is 231 Å². The maximum Gasteiger partial charge on any atom is 0.316 e. The van der Waals surface area contributed by atoms with Gasteiger partial charge in [-0.25, -0.2) is 0 Å². The Balaban J connectivity index is 1.54. The number of rotatable bonds is 6. The van der Waals surface area contributed by atoms with Gasteiger partial charge in [0.15, 0.2) is 0 Å². The van der Waals surface area contributed by atoms with Gasteiger partial charge in [-0.1, -0.05) is 33.8 Å². The highest BCUT2D eigenvalue weighted by Gasteiger charge is 2.68. The molecule has 0 saturated heterocycles. The Kier molecular flexibility index (Phi) is 8.48. The van der Waals surface area contributed by atoms with Gasteiger partial charge in [-0.3, -0.25) is 14.4 Å². The average molecular weight is 550 g/mol. The number of carbonyl (C=O) groups is 3. The Morgan fingerprint density at radius 3 is 2.53 bits per heavy atom. The molecule has 0 aromatic heterocycles. The van der Waals surface area contributed by atoms with Crippen molar-refractivity contribution in [3.63, 3.8) is 0 Å². The van der Waals surface area contributed by atoms with Crippen molar-refractivity contribution in [2.75, 3.05) is 5.75 Å². The Morgan fingerprint density at radius 1 is 1.18 bits per heavy atom. The summed E-state index contributed by atoms with van der Waals surface area (Å²) >= 11 is 1.41. The van der Waals surface area contributed by atoms with Gasteiger partial charge in [0.05, 0.1) is 18.0 Å². The van der Waals surface area contributed by atoms with E-state index in [1.165, 1.54) is 18.7 Å². The highest BCUT2D eigenvalue weighted by Crippen LogP contribution is 2.68. The van der Waals surface area contributed by atoms with Crippen molar-refractivity contribution in [1.82, 2.24) is 5.32 Å². The Bertz CT molecular complexity index is 957. The third kappa shape index (κ3) is 4.98. The fourth-order valence-electron chi connectivity index (χ4n) is 8.60. The van der Waals surface area contributed by atoms with Crippen LogP contribution in [0.2, 0.25) is 0 Å². The van der Waals surface area contributed by atoms with E-state index in [0.29, 0.717) is 25.7 Å². The maximum atomic E-state index is 13.5. The van der Waals surface area contributed by atoms with E-state index in [0.717, 1.165) is 25.7 Å². The number of ketones is 1. The quantitative estimate of drug-likeness (QED) is 0.338. The molecule has 0 heterocycles. The number of carbonyl (C=O) groups excluding carboxylic acids is 3. The van der Waals surface area contributed by atoms with Crippen LogP contribution in [0, 0.1) is 34.0 Å². The van der Waals surface area contributed by atoms with E-state index in [2.05, 4.69) is 32.7 Å². The molecular weight excluding hydrogens is 502 g/mol. The first-order valence-electron chi connectivity index (χ1n) is 14.4. The Hall–Kier alpha value is -1.38. The second-order valence-electron chi connectivity index (χ2n) is 13.2. The normalized spacial score (nSPS) is 46.9. The van der Waals surface area contributed by atoms with Crippen molar-refractivity contribution in [2.24, 2.45) is 34.0 Å². The molecule has 8 heteroatoms. The second kappa shape index (κ2) is 10.9. The number of aliphatic hydroxyl groups excluding tert-OH is 2. The number of Topliss-reactive ketones (excluding diaryl/α,β-unsaturated/α-hetero) is 1. The minimum Gasteiger partial charge on any atom is -0.461 e. The van der Waals surface area contributed by atoms with Gasteiger partial charge in [0, 0.05) is 41.4 Å². The van der Waals surface area contributed by atoms with Crippen LogP contribution in [-0.2, 0) is 19.1 Å².